The highest BCUT2D eigenvalue weighted by molar-refractivity contribution is 6.35. The molecule has 0 saturated carbocycles. The molecular weight excluding hydrogens is 403 g/mol. The molecule has 0 amide bonds. The molecule has 0 aliphatic rings. The highest BCUT2D eigenvalue weighted by atomic mass is 35.5. The van der Waals surface area contributed by atoms with Crippen molar-refractivity contribution in [1.29, 1.82) is 0 Å². The summed E-state index contributed by atoms with van der Waals surface area (Å²) in [6.45, 7) is 0.254. The Kier molecular flexibility index (Phi) is 5.72. The molecule has 0 fully saturated rings. The van der Waals surface area contributed by atoms with Gasteiger partial charge < -0.3 is 9.47 Å². The first kappa shape index (κ1) is 20.0. The third kappa shape index (κ3) is 3.89. The minimum Gasteiger partial charge on any atom is -0.497 e. The predicted octanol–water partition coefficient (Wildman–Crippen LogP) is 6.08. The van der Waals surface area contributed by atoms with E-state index in [2.05, 4.69) is 0 Å². The van der Waals surface area contributed by atoms with Crippen molar-refractivity contribution in [3.8, 4) is 34.0 Å². The van der Waals surface area contributed by atoms with Crippen LogP contribution < -0.4 is 9.47 Å². The molecule has 1 aromatic heterocycles. The SMILES string of the molecule is COc1ccc(-c2nn(Cc3ccccc3F)c(-c3ccc(OC)cc3)c2Cl)cc1. The summed E-state index contributed by atoms with van der Waals surface area (Å²) in [5.74, 6) is 1.21. The highest BCUT2D eigenvalue weighted by Crippen LogP contribution is 2.37. The fourth-order valence-electron chi connectivity index (χ4n) is 3.30. The Bertz CT molecular complexity index is 1160. The van der Waals surface area contributed by atoms with Gasteiger partial charge in [0.05, 0.1) is 31.5 Å². The molecule has 0 aliphatic heterocycles. The van der Waals surface area contributed by atoms with Gasteiger partial charge in [0.25, 0.3) is 0 Å². The summed E-state index contributed by atoms with van der Waals surface area (Å²) in [5.41, 5.74) is 3.59. The van der Waals surface area contributed by atoms with E-state index in [0.717, 1.165) is 22.6 Å². The van der Waals surface area contributed by atoms with Gasteiger partial charge in [0.15, 0.2) is 0 Å². The molecule has 0 bridgehead atoms. The van der Waals surface area contributed by atoms with E-state index >= 15 is 0 Å². The lowest BCUT2D eigenvalue weighted by Crippen LogP contribution is -2.05. The molecule has 0 N–H and O–H groups in total. The molecular formula is C24H20ClFN2O2. The van der Waals surface area contributed by atoms with Gasteiger partial charge in [0, 0.05) is 16.7 Å². The maximum Gasteiger partial charge on any atom is 0.128 e. The highest BCUT2D eigenvalue weighted by Gasteiger charge is 2.20. The quantitative estimate of drug-likeness (QED) is 0.378. The van der Waals surface area contributed by atoms with Crippen molar-refractivity contribution in [2.24, 2.45) is 0 Å². The summed E-state index contributed by atoms with van der Waals surface area (Å²) in [4.78, 5) is 0. The Morgan fingerprint density at radius 2 is 1.40 bits per heavy atom. The van der Waals surface area contributed by atoms with Crippen molar-refractivity contribution in [3.05, 3.63) is 89.2 Å². The zero-order valence-electron chi connectivity index (χ0n) is 16.6. The average Bonchev–Trinajstić information content (AvgIpc) is 3.11. The Morgan fingerprint density at radius 3 is 1.97 bits per heavy atom. The number of halogens is 2. The van der Waals surface area contributed by atoms with E-state index in [4.69, 9.17) is 26.2 Å². The number of rotatable bonds is 6. The Hall–Kier alpha value is -3.31. The standard InChI is InChI=1S/C24H20ClFN2O2/c1-29-19-11-7-16(8-12-19)23-22(25)24(17-9-13-20(30-2)14-10-17)28(27-23)15-18-5-3-4-6-21(18)26/h3-14H,15H2,1-2H3. The fourth-order valence-corrected chi connectivity index (χ4v) is 3.65. The molecule has 0 saturated heterocycles. The number of ether oxygens (including phenoxy) is 2. The molecule has 3 aromatic carbocycles. The van der Waals surface area contributed by atoms with Crippen molar-refractivity contribution < 1.29 is 13.9 Å². The summed E-state index contributed by atoms with van der Waals surface area (Å²) < 4.78 is 26.5. The van der Waals surface area contributed by atoms with Crippen LogP contribution in [0.3, 0.4) is 0 Å². The molecule has 1 heterocycles. The third-order valence-corrected chi connectivity index (χ3v) is 5.26. The molecule has 0 spiro atoms. The van der Waals surface area contributed by atoms with E-state index in [1.54, 1.807) is 37.1 Å². The van der Waals surface area contributed by atoms with Gasteiger partial charge >= 0.3 is 0 Å². The van der Waals surface area contributed by atoms with Crippen LogP contribution in [0.2, 0.25) is 5.02 Å². The van der Waals surface area contributed by atoms with Crippen molar-refractivity contribution in [2.45, 2.75) is 6.54 Å². The van der Waals surface area contributed by atoms with Crippen molar-refractivity contribution in [3.63, 3.8) is 0 Å². The molecule has 0 aliphatic carbocycles. The van der Waals surface area contributed by atoms with Crippen LogP contribution in [0.25, 0.3) is 22.5 Å². The molecule has 6 heteroatoms. The van der Waals surface area contributed by atoms with Crippen molar-refractivity contribution >= 4 is 11.6 Å². The number of benzene rings is 3. The largest absolute Gasteiger partial charge is 0.497 e. The Labute approximate surface area is 179 Å². The Balaban J connectivity index is 1.84. The van der Waals surface area contributed by atoms with E-state index in [0.29, 0.717) is 22.0 Å². The van der Waals surface area contributed by atoms with Gasteiger partial charge in [0.1, 0.15) is 23.0 Å². The van der Waals surface area contributed by atoms with Crippen LogP contribution in [0.1, 0.15) is 5.56 Å². The van der Waals surface area contributed by atoms with Gasteiger partial charge in [-0.25, -0.2) is 4.39 Å². The summed E-state index contributed by atoms with van der Waals surface area (Å²) in [6, 6.07) is 21.7. The van der Waals surface area contributed by atoms with Crippen LogP contribution >= 0.6 is 11.6 Å². The second-order valence-corrected chi connectivity index (χ2v) is 7.10. The van der Waals surface area contributed by atoms with E-state index in [-0.39, 0.29) is 12.4 Å². The summed E-state index contributed by atoms with van der Waals surface area (Å²) >= 11 is 6.81. The first-order chi connectivity index (χ1) is 14.6. The van der Waals surface area contributed by atoms with Crippen LogP contribution in [-0.2, 0) is 6.54 Å². The van der Waals surface area contributed by atoms with Crippen LogP contribution in [0, 0.1) is 5.82 Å². The van der Waals surface area contributed by atoms with E-state index in [9.17, 15) is 4.39 Å². The zero-order valence-corrected chi connectivity index (χ0v) is 17.4. The van der Waals surface area contributed by atoms with Crippen LogP contribution in [0.4, 0.5) is 4.39 Å². The van der Waals surface area contributed by atoms with E-state index < -0.39 is 0 Å². The minimum atomic E-state index is -0.282. The lowest BCUT2D eigenvalue weighted by atomic mass is 10.1. The number of nitrogens with zero attached hydrogens (tertiary/aromatic N) is 2. The summed E-state index contributed by atoms with van der Waals surface area (Å²) in [5, 5.41) is 5.24. The first-order valence-electron chi connectivity index (χ1n) is 9.39. The van der Waals surface area contributed by atoms with Gasteiger partial charge in [-0.3, -0.25) is 4.68 Å². The maximum atomic E-state index is 14.3. The topological polar surface area (TPSA) is 36.3 Å². The Morgan fingerprint density at radius 1 is 0.833 bits per heavy atom. The van der Waals surface area contributed by atoms with Gasteiger partial charge in [0.2, 0.25) is 0 Å². The minimum absolute atomic E-state index is 0.254. The predicted molar refractivity (Wildman–Crippen MR) is 117 cm³/mol. The molecule has 0 unspecified atom stereocenters. The molecule has 0 atom stereocenters. The number of methoxy groups -OCH3 is 2. The first-order valence-corrected chi connectivity index (χ1v) is 9.77. The van der Waals surface area contributed by atoms with Crippen LogP contribution in [0.5, 0.6) is 11.5 Å². The summed E-state index contributed by atoms with van der Waals surface area (Å²) in [7, 11) is 3.24. The van der Waals surface area contributed by atoms with Crippen molar-refractivity contribution in [1.82, 2.24) is 9.78 Å². The molecule has 4 rings (SSSR count). The molecule has 152 valence electrons. The lowest BCUT2D eigenvalue weighted by molar-refractivity contribution is 0.414. The lowest BCUT2D eigenvalue weighted by Gasteiger charge is -2.10. The van der Waals surface area contributed by atoms with Gasteiger partial charge in [-0.05, 0) is 54.6 Å². The second kappa shape index (κ2) is 8.59. The second-order valence-electron chi connectivity index (χ2n) is 6.72. The monoisotopic (exact) mass is 422 g/mol. The molecule has 0 radical (unpaired) electrons. The molecule has 4 aromatic rings. The van der Waals surface area contributed by atoms with Gasteiger partial charge in [-0.2, -0.15) is 5.10 Å². The van der Waals surface area contributed by atoms with Gasteiger partial charge in [-0.15, -0.1) is 0 Å². The zero-order chi connectivity index (χ0) is 21.1. The average molecular weight is 423 g/mol. The fraction of sp³-hybridized carbons (Fsp3) is 0.125. The normalized spacial score (nSPS) is 10.8. The number of hydrogen-bond acceptors (Lipinski definition) is 3. The number of aromatic nitrogens is 2. The van der Waals surface area contributed by atoms with Crippen LogP contribution in [0.15, 0.2) is 72.8 Å². The van der Waals surface area contributed by atoms with Crippen molar-refractivity contribution in [2.75, 3.05) is 14.2 Å². The van der Waals surface area contributed by atoms with Crippen LogP contribution in [-0.4, -0.2) is 24.0 Å². The smallest absolute Gasteiger partial charge is 0.128 e. The molecule has 4 nitrogen and oxygen atoms in total. The third-order valence-electron chi connectivity index (χ3n) is 4.90. The number of hydrogen-bond donors (Lipinski definition) is 0. The van der Waals surface area contributed by atoms with E-state index in [1.165, 1.54) is 6.07 Å². The molecule has 30 heavy (non-hydrogen) atoms. The van der Waals surface area contributed by atoms with E-state index in [1.807, 2.05) is 48.5 Å². The summed E-state index contributed by atoms with van der Waals surface area (Å²) in [6.07, 6.45) is 0. The van der Waals surface area contributed by atoms with Gasteiger partial charge in [-0.1, -0.05) is 29.8 Å². The maximum absolute atomic E-state index is 14.3.